The Hall–Kier alpha value is -0.380. The van der Waals surface area contributed by atoms with E-state index in [-0.39, 0.29) is 0 Å². The van der Waals surface area contributed by atoms with Crippen LogP contribution in [0.1, 0.15) is 24.3 Å². The maximum absolute atomic E-state index is 5.73. The van der Waals surface area contributed by atoms with Crippen LogP contribution in [0, 0.1) is 18.8 Å². The fourth-order valence-electron chi connectivity index (χ4n) is 1.55. The summed E-state index contributed by atoms with van der Waals surface area (Å²) in [4.78, 5) is 1.44. The molecule has 0 amide bonds. The first-order valence-electron chi connectivity index (χ1n) is 5.59. The maximum Gasteiger partial charge on any atom is 0.0302 e. The van der Waals surface area contributed by atoms with Crippen molar-refractivity contribution in [1.29, 1.82) is 0 Å². The summed E-state index contributed by atoms with van der Waals surface area (Å²) in [6.07, 6.45) is 0. The van der Waals surface area contributed by atoms with Gasteiger partial charge in [0.1, 0.15) is 0 Å². The Kier molecular flexibility index (Phi) is 5.29. The highest BCUT2D eigenvalue weighted by molar-refractivity contribution is 7.10. The second kappa shape index (κ2) is 6.26. The summed E-state index contributed by atoms with van der Waals surface area (Å²) in [5.74, 6) is 1.25. The molecule has 0 radical (unpaired) electrons. The molecule has 0 fully saturated rings. The van der Waals surface area contributed by atoms with Crippen molar-refractivity contribution in [1.82, 2.24) is 5.32 Å². The van der Waals surface area contributed by atoms with Gasteiger partial charge in [-0.1, -0.05) is 13.8 Å². The average Bonchev–Trinajstić information content (AvgIpc) is 2.58. The van der Waals surface area contributed by atoms with Crippen LogP contribution in [0.3, 0.4) is 0 Å². The van der Waals surface area contributed by atoms with E-state index in [9.17, 15) is 0 Å². The van der Waals surface area contributed by atoms with Gasteiger partial charge in [-0.15, -0.1) is 11.3 Å². The Labute approximate surface area is 96.9 Å². The summed E-state index contributed by atoms with van der Waals surface area (Å²) in [5.41, 5.74) is 7.12. The molecule has 2 nitrogen and oxygen atoms in total. The molecule has 1 aromatic heterocycles. The van der Waals surface area contributed by atoms with E-state index < -0.39 is 0 Å². The number of nitrogens with one attached hydrogen (secondary N) is 1. The fraction of sp³-hybridized carbons (Fsp3) is 0.667. The Morgan fingerprint density at radius 2 is 2.20 bits per heavy atom. The van der Waals surface area contributed by atoms with Gasteiger partial charge in [-0.05, 0) is 48.9 Å². The van der Waals surface area contributed by atoms with Gasteiger partial charge in [-0.25, -0.2) is 0 Å². The quantitative estimate of drug-likeness (QED) is 0.781. The van der Waals surface area contributed by atoms with Crippen LogP contribution in [0.15, 0.2) is 11.4 Å². The highest BCUT2D eigenvalue weighted by atomic mass is 32.1. The van der Waals surface area contributed by atoms with Crippen molar-refractivity contribution < 1.29 is 0 Å². The molecule has 1 rings (SSSR count). The fourth-order valence-corrected chi connectivity index (χ4v) is 2.42. The molecule has 0 aliphatic heterocycles. The maximum atomic E-state index is 5.73. The van der Waals surface area contributed by atoms with E-state index in [1.807, 2.05) is 11.3 Å². The van der Waals surface area contributed by atoms with Gasteiger partial charge in [-0.2, -0.15) is 0 Å². The minimum absolute atomic E-state index is 0.588. The predicted molar refractivity (Wildman–Crippen MR) is 68.1 cm³/mol. The smallest absolute Gasteiger partial charge is 0.0302 e. The summed E-state index contributed by atoms with van der Waals surface area (Å²) in [6, 6.07) is 2.17. The van der Waals surface area contributed by atoms with Crippen molar-refractivity contribution in [3.05, 3.63) is 21.9 Å². The van der Waals surface area contributed by atoms with Crippen LogP contribution >= 0.6 is 11.3 Å². The van der Waals surface area contributed by atoms with Gasteiger partial charge in [0, 0.05) is 11.4 Å². The summed E-state index contributed by atoms with van der Waals surface area (Å²) in [6.45, 7) is 9.40. The Morgan fingerprint density at radius 3 is 2.67 bits per heavy atom. The molecule has 1 heterocycles. The lowest BCUT2D eigenvalue weighted by atomic mass is 9.96. The van der Waals surface area contributed by atoms with E-state index in [0.717, 1.165) is 19.6 Å². The number of thiophene rings is 1. The van der Waals surface area contributed by atoms with Gasteiger partial charge in [0.05, 0.1) is 0 Å². The zero-order valence-electron chi connectivity index (χ0n) is 9.92. The normalized spacial score (nSPS) is 13.4. The predicted octanol–water partition coefficient (Wildman–Crippen LogP) is 2.38. The number of aryl methyl sites for hydroxylation is 1. The first-order valence-corrected chi connectivity index (χ1v) is 6.46. The molecule has 0 saturated heterocycles. The van der Waals surface area contributed by atoms with Crippen molar-refractivity contribution >= 4 is 11.3 Å². The first kappa shape index (κ1) is 12.7. The average molecular weight is 226 g/mol. The monoisotopic (exact) mass is 226 g/mol. The van der Waals surface area contributed by atoms with E-state index in [1.165, 1.54) is 10.4 Å². The molecule has 86 valence electrons. The van der Waals surface area contributed by atoms with Gasteiger partial charge in [-0.3, -0.25) is 0 Å². The van der Waals surface area contributed by atoms with Gasteiger partial charge < -0.3 is 11.1 Å². The van der Waals surface area contributed by atoms with Crippen LogP contribution in [0.25, 0.3) is 0 Å². The van der Waals surface area contributed by atoms with Crippen molar-refractivity contribution in [2.45, 2.75) is 27.3 Å². The van der Waals surface area contributed by atoms with E-state index in [0.29, 0.717) is 11.8 Å². The number of rotatable bonds is 6. The standard InChI is InChI=1S/C12H22N2S/c1-9(2)11(6-13)7-14-8-12-10(3)4-5-15-12/h4-5,9,11,14H,6-8,13H2,1-3H3. The lowest BCUT2D eigenvalue weighted by molar-refractivity contribution is 0.371. The van der Waals surface area contributed by atoms with Crippen LogP contribution in [-0.4, -0.2) is 13.1 Å². The van der Waals surface area contributed by atoms with E-state index >= 15 is 0 Å². The van der Waals surface area contributed by atoms with E-state index in [1.54, 1.807) is 0 Å². The highest BCUT2D eigenvalue weighted by Gasteiger charge is 2.10. The zero-order chi connectivity index (χ0) is 11.3. The first-order chi connectivity index (χ1) is 7.15. The third-order valence-electron chi connectivity index (χ3n) is 2.91. The zero-order valence-corrected chi connectivity index (χ0v) is 10.7. The van der Waals surface area contributed by atoms with Crippen molar-refractivity contribution in [3.8, 4) is 0 Å². The third-order valence-corrected chi connectivity index (χ3v) is 3.93. The number of nitrogens with two attached hydrogens (primary N) is 1. The molecular formula is C12H22N2S. The van der Waals surface area contributed by atoms with E-state index in [4.69, 9.17) is 5.73 Å². The second-order valence-corrected chi connectivity index (χ2v) is 5.40. The third kappa shape index (κ3) is 3.93. The summed E-state index contributed by atoms with van der Waals surface area (Å²) in [5, 5.41) is 5.64. The molecule has 3 heteroatoms. The molecule has 0 aliphatic rings. The lowest BCUT2D eigenvalue weighted by Gasteiger charge is -2.19. The van der Waals surface area contributed by atoms with Crippen LogP contribution in [0.4, 0.5) is 0 Å². The molecule has 0 bridgehead atoms. The van der Waals surface area contributed by atoms with Crippen molar-refractivity contribution in [2.24, 2.45) is 17.6 Å². The molecule has 0 saturated carbocycles. The van der Waals surface area contributed by atoms with Gasteiger partial charge in [0.25, 0.3) is 0 Å². The van der Waals surface area contributed by atoms with Crippen LogP contribution < -0.4 is 11.1 Å². The molecule has 15 heavy (non-hydrogen) atoms. The van der Waals surface area contributed by atoms with Crippen LogP contribution in [0.2, 0.25) is 0 Å². The molecule has 1 atom stereocenters. The lowest BCUT2D eigenvalue weighted by Crippen LogP contribution is -2.31. The molecular weight excluding hydrogens is 204 g/mol. The Balaban J connectivity index is 2.29. The molecule has 3 N–H and O–H groups in total. The SMILES string of the molecule is Cc1ccsc1CNCC(CN)C(C)C. The molecule has 0 aromatic carbocycles. The molecule has 0 spiro atoms. The molecule has 1 aromatic rings. The summed E-state index contributed by atoms with van der Waals surface area (Å²) >= 11 is 1.82. The Morgan fingerprint density at radius 1 is 1.47 bits per heavy atom. The largest absolute Gasteiger partial charge is 0.330 e. The molecule has 1 unspecified atom stereocenters. The van der Waals surface area contributed by atoms with Gasteiger partial charge in [0.15, 0.2) is 0 Å². The van der Waals surface area contributed by atoms with E-state index in [2.05, 4.69) is 37.5 Å². The minimum atomic E-state index is 0.588. The highest BCUT2D eigenvalue weighted by Crippen LogP contribution is 2.15. The summed E-state index contributed by atoms with van der Waals surface area (Å²) in [7, 11) is 0. The summed E-state index contributed by atoms with van der Waals surface area (Å²) < 4.78 is 0. The Bertz CT molecular complexity index is 281. The van der Waals surface area contributed by atoms with Crippen LogP contribution in [0.5, 0.6) is 0 Å². The van der Waals surface area contributed by atoms with Crippen molar-refractivity contribution in [3.63, 3.8) is 0 Å². The minimum Gasteiger partial charge on any atom is -0.330 e. The van der Waals surface area contributed by atoms with Crippen LogP contribution in [-0.2, 0) is 6.54 Å². The topological polar surface area (TPSA) is 38.0 Å². The second-order valence-electron chi connectivity index (χ2n) is 4.40. The number of hydrogen-bond donors (Lipinski definition) is 2. The van der Waals surface area contributed by atoms with Gasteiger partial charge >= 0.3 is 0 Å². The number of hydrogen-bond acceptors (Lipinski definition) is 3. The van der Waals surface area contributed by atoms with Gasteiger partial charge in [0.2, 0.25) is 0 Å². The molecule has 0 aliphatic carbocycles. The van der Waals surface area contributed by atoms with Crippen molar-refractivity contribution in [2.75, 3.05) is 13.1 Å².